The van der Waals surface area contributed by atoms with Gasteiger partial charge in [-0.1, -0.05) is 97.2 Å². The van der Waals surface area contributed by atoms with Crippen LogP contribution in [0.3, 0.4) is 0 Å². The first kappa shape index (κ1) is 47.3. The smallest absolute Gasteiger partial charge is 0.302 e. The number of nitrogens with one attached hydrogen (secondary N) is 2. The molecule has 2 saturated heterocycles. The average Bonchev–Trinajstić information content (AvgIpc) is 3.98. The lowest BCUT2D eigenvalue weighted by molar-refractivity contribution is -0.138. The summed E-state index contributed by atoms with van der Waals surface area (Å²) < 4.78 is 79.0. The molecule has 62 heavy (non-hydrogen) atoms. The summed E-state index contributed by atoms with van der Waals surface area (Å²) in [7, 11) is 0. The van der Waals surface area contributed by atoms with Crippen molar-refractivity contribution in [3.8, 4) is 0 Å². The molecule has 2 aliphatic heterocycles. The van der Waals surface area contributed by atoms with Gasteiger partial charge in [0.2, 0.25) is 11.8 Å². The summed E-state index contributed by atoms with van der Waals surface area (Å²) in [5.41, 5.74) is -0.491. The molecule has 0 radical (unpaired) electrons. The average molecular weight is 971 g/mol. The molecule has 4 amide bonds. The Bertz CT molecular complexity index is 2220. The molecule has 328 valence electrons. The summed E-state index contributed by atoms with van der Waals surface area (Å²) in [6.07, 6.45) is -1.57. The fraction of sp³-hybridized carbons (Fsp3) is 0.350. The van der Waals surface area contributed by atoms with Gasteiger partial charge in [0, 0.05) is 60.9 Å². The van der Waals surface area contributed by atoms with Crippen LogP contribution in [0.15, 0.2) is 70.7 Å². The van der Waals surface area contributed by atoms with Gasteiger partial charge in [-0.05, 0) is 48.9 Å². The lowest BCUT2D eigenvalue weighted by Crippen LogP contribution is -2.31. The van der Waals surface area contributed by atoms with Crippen LogP contribution in [0, 0.1) is 0 Å². The van der Waals surface area contributed by atoms with Crippen molar-refractivity contribution in [2.75, 3.05) is 23.7 Å². The van der Waals surface area contributed by atoms with Crippen LogP contribution >= 0.6 is 70.6 Å². The normalized spacial score (nSPS) is 15.9. The van der Waals surface area contributed by atoms with Crippen LogP contribution in [0.4, 0.5) is 36.6 Å². The monoisotopic (exact) mass is 970 g/mol. The van der Waals surface area contributed by atoms with Crippen molar-refractivity contribution in [3.63, 3.8) is 0 Å². The maximum atomic E-state index is 13.4. The van der Waals surface area contributed by atoms with E-state index in [-0.39, 0.29) is 59.1 Å². The lowest BCUT2D eigenvalue weighted by atomic mass is 10.1. The van der Waals surface area contributed by atoms with Crippen LogP contribution in [0.2, 0.25) is 0 Å². The molecule has 4 aromatic rings. The molecule has 4 heterocycles. The summed E-state index contributed by atoms with van der Waals surface area (Å²) in [5, 5.41) is 6.15. The maximum Gasteiger partial charge on any atom is 0.416 e. The number of anilines is 2. The molecular formula is C40H36F6N6O4S6. The summed E-state index contributed by atoms with van der Waals surface area (Å²) in [6.45, 7) is 0.608. The van der Waals surface area contributed by atoms with Gasteiger partial charge in [0.1, 0.15) is 8.64 Å². The molecule has 6 rings (SSSR count). The Balaban J connectivity index is 0.867. The third kappa shape index (κ3) is 12.9. The molecule has 0 spiro atoms. The first-order valence-corrected chi connectivity index (χ1v) is 23.2. The van der Waals surface area contributed by atoms with Crippen molar-refractivity contribution < 1.29 is 45.5 Å². The SMILES string of the molecule is O=C(CCCCCN1C(=O)C(=C2SC(=S)N(CCCCCC(=O)Nc3ncc(Cc4cccc(C(F)(F)F)c4)s3)C2=O)SC1=S)Nc1ncc(Cc2cccc(C(F)(F)F)c2)s1. The second-order valence-corrected chi connectivity index (χ2v) is 19.6. The second kappa shape index (κ2) is 21.0. The zero-order valence-corrected chi connectivity index (χ0v) is 37.3. The van der Waals surface area contributed by atoms with Gasteiger partial charge in [0.05, 0.1) is 20.9 Å². The van der Waals surface area contributed by atoms with E-state index in [0.717, 1.165) is 47.8 Å². The molecule has 0 atom stereocenters. The third-order valence-electron chi connectivity index (χ3n) is 9.34. The number of nitrogens with zero attached hydrogens (tertiary/aromatic N) is 4. The van der Waals surface area contributed by atoms with Gasteiger partial charge in [-0.15, -0.1) is 22.7 Å². The molecule has 2 aliphatic rings. The van der Waals surface area contributed by atoms with Crippen LogP contribution < -0.4 is 10.6 Å². The number of thiazole rings is 2. The van der Waals surface area contributed by atoms with Gasteiger partial charge in [-0.2, -0.15) is 26.3 Å². The molecule has 2 fully saturated rings. The van der Waals surface area contributed by atoms with Crippen molar-refractivity contribution >= 4 is 113 Å². The largest absolute Gasteiger partial charge is 0.416 e. The van der Waals surface area contributed by atoms with Crippen LogP contribution in [0.5, 0.6) is 0 Å². The van der Waals surface area contributed by atoms with E-state index in [1.54, 1.807) is 12.1 Å². The molecular weight excluding hydrogens is 935 g/mol. The fourth-order valence-corrected chi connectivity index (χ4v) is 10.8. The predicted molar refractivity (Wildman–Crippen MR) is 238 cm³/mol. The number of alkyl halides is 6. The van der Waals surface area contributed by atoms with E-state index >= 15 is 0 Å². The summed E-state index contributed by atoms with van der Waals surface area (Å²) >= 11 is 15.4. The Morgan fingerprint density at radius 3 is 1.40 bits per heavy atom. The number of halogens is 6. The molecule has 0 unspecified atom stereocenters. The highest BCUT2D eigenvalue weighted by molar-refractivity contribution is 8.29. The van der Waals surface area contributed by atoms with Crippen molar-refractivity contribution in [2.24, 2.45) is 0 Å². The lowest BCUT2D eigenvalue weighted by Gasteiger charge is -2.14. The van der Waals surface area contributed by atoms with Crippen LogP contribution in [0.25, 0.3) is 0 Å². The Labute approximate surface area is 379 Å². The Morgan fingerprint density at radius 1 is 0.613 bits per heavy atom. The van der Waals surface area contributed by atoms with Crippen LogP contribution in [-0.2, 0) is 44.4 Å². The number of amides is 4. The standard InChI is InChI=1S/C40H36F6N6O4S6/c41-39(42,43)25-11-7-9-23(17-25)19-27-21-47-35(59-27)49-29(53)13-3-1-5-15-51-33(55)31(61-37(51)57)32-34(56)52(38(58)62-32)16-6-2-4-14-30(54)50-36-48-22-28(60-36)20-24-10-8-12-26(18-24)40(44,45)46/h7-12,17-18,21-22H,1-6,13-16,19-20H2,(H,47,49,53)(H,48,50,54). The van der Waals surface area contributed by atoms with E-state index in [4.69, 9.17) is 24.4 Å². The number of unbranched alkanes of at least 4 members (excludes halogenated alkanes) is 4. The predicted octanol–water partition coefficient (Wildman–Crippen LogP) is 10.4. The van der Waals surface area contributed by atoms with Crippen molar-refractivity contribution in [3.05, 3.63) is 103 Å². The number of carbonyl (C=O) groups excluding carboxylic acids is 4. The highest BCUT2D eigenvalue weighted by atomic mass is 32.2. The zero-order valence-electron chi connectivity index (χ0n) is 32.4. The second-order valence-electron chi connectivity index (χ2n) is 14.0. The summed E-state index contributed by atoms with van der Waals surface area (Å²) in [6, 6.07) is 10.1. The zero-order chi connectivity index (χ0) is 44.6. The summed E-state index contributed by atoms with van der Waals surface area (Å²) in [4.78, 5) is 64.9. The minimum atomic E-state index is -4.44. The van der Waals surface area contributed by atoms with Crippen molar-refractivity contribution in [2.45, 2.75) is 76.6 Å². The third-order valence-corrected chi connectivity index (χ3v) is 14.2. The van der Waals surface area contributed by atoms with Gasteiger partial charge in [-0.3, -0.25) is 29.0 Å². The van der Waals surface area contributed by atoms with Gasteiger partial charge >= 0.3 is 12.4 Å². The molecule has 22 heteroatoms. The molecule has 0 bridgehead atoms. The fourth-order valence-electron chi connectivity index (χ4n) is 6.30. The van der Waals surface area contributed by atoms with Gasteiger partial charge in [-0.25, -0.2) is 9.97 Å². The number of benzene rings is 2. The van der Waals surface area contributed by atoms with Crippen LogP contribution in [0.1, 0.15) is 83.4 Å². The minimum Gasteiger partial charge on any atom is -0.302 e. The highest BCUT2D eigenvalue weighted by Crippen LogP contribution is 2.42. The highest BCUT2D eigenvalue weighted by Gasteiger charge is 2.41. The molecule has 2 aromatic carbocycles. The summed E-state index contributed by atoms with van der Waals surface area (Å²) in [5.74, 6) is -1.28. The van der Waals surface area contributed by atoms with Gasteiger partial charge < -0.3 is 10.6 Å². The Morgan fingerprint density at radius 2 is 1.02 bits per heavy atom. The van der Waals surface area contributed by atoms with Gasteiger partial charge in [0.15, 0.2) is 10.3 Å². The Kier molecular flexibility index (Phi) is 16.0. The molecule has 10 nitrogen and oxygen atoms in total. The van der Waals surface area contributed by atoms with E-state index in [0.29, 0.717) is 91.4 Å². The van der Waals surface area contributed by atoms with E-state index in [1.165, 1.54) is 57.0 Å². The maximum absolute atomic E-state index is 13.4. The first-order valence-electron chi connectivity index (χ1n) is 19.1. The number of hydrogen-bond acceptors (Lipinski definition) is 12. The quantitative estimate of drug-likeness (QED) is 0.0431. The first-order chi connectivity index (χ1) is 29.4. The molecule has 0 aliphatic carbocycles. The molecule has 0 saturated carbocycles. The van der Waals surface area contributed by atoms with E-state index in [9.17, 15) is 45.5 Å². The Hall–Kier alpha value is -4.22. The number of carbonyl (C=O) groups is 4. The number of thiocarbonyl (C=S) groups is 2. The minimum absolute atomic E-state index is 0.196. The van der Waals surface area contributed by atoms with Crippen LogP contribution in [-0.4, -0.2) is 65.1 Å². The van der Waals surface area contributed by atoms with E-state index in [2.05, 4.69) is 20.6 Å². The topological polar surface area (TPSA) is 125 Å². The molecule has 2 aromatic heterocycles. The molecule has 2 N–H and O–H groups in total. The number of rotatable bonds is 18. The van der Waals surface area contributed by atoms with E-state index in [1.807, 2.05) is 0 Å². The van der Waals surface area contributed by atoms with Crippen molar-refractivity contribution in [1.82, 2.24) is 19.8 Å². The van der Waals surface area contributed by atoms with Crippen molar-refractivity contribution in [1.29, 1.82) is 0 Å². The number of aromatic nitrogens is 2. The van der Waals surface area contributed by atoms with Gasteiger partial charge in [0.25, 0.3) is 11.8 Å². The number of thioether (sulfide) groups is 2. The van der Waals surface area contributed by atoms with E-state index < -0.39 is 23.5 Å². The number of hydrogen-bond donors (Lipinski definition) is 2.